The lowest BCUT2D eigenvalue weighted by Crippen LogP contribution is -1.94. The smallest absolute Gasteiger partial charge is 0.0622 e. The molecule has 0 saturated heterocycles. The molecular formula is C42H28. The third-order valence-corrected chi connectivity index (χ3v) is 7.90. The first-order chi connectivity index (χ1) is 23.8. The molecule has 42 heavy (non-hydrogen) atoms. The molecule has 0 spiro atoms. The number of rotatable bonds is 4. The summed E-state index contributed by atoms with van der Waals surface area (Å²) in [5, 5.41) is 3.06. The van der Waals surface area contributed by atoms with Gasteiger partial charge in [-0.2, -0.15) is 0 Å². The lowest BCUT2D eigenvalue weighted by Gasteiger charge is -2.21. The standard InChI is InChI=1S/C42H28/c1-3-15-30(16-4-1)40-35-22-10-8-19-32(35)28-33-26-27-39(41(42(33)40)31-17-5-2-6-18-31)38-24-12-11-23-37(38)36-25-13-20-29-14-7-9-21-34(29)36/h1-28H/i8D,10D,19D,22D,26D,27D,28D. The Morgan fingerprint density at radius 1 is 0.357 bits per heavy atom. The highest BCUT2D eigenvalue weighted by atomic mass is 14.2. The Hall–Kier alpha value is -5.46. The molecule has 0 aliphatic rings. The summed E-state index contributed by atoms with van der Waals surface area (Å²) in [6.07, 6.45) is 0. The van der Waals surface area contributed by atoms with E-state index in [9.17, 15) is 4.11 Å². The van der Waals surface area contributed by atoms with Crippen LogP contribution in [0.4, 0.5) is 0 Å². The Labute approximate surface area is 256 Å². The molecular weight excluding hydrogens is 504 g/mol. The first kappa shape index (κ1) is 18.1. The van der Waals surface area contributed by atoms with Crippen molar-refractivity contribution in [1.29, 1.82) is 0 Å². The second kappa shape index (κ2) is 10.2. The maximum absolute atomic E-state index is 9.66. The van der Waals surface area contributed by atoms with E-state index in [1.54, 1.807) is 0 Å². The molecule has 0 bridgehead atoms. The summed E-state index contributed by atoms with van der Waals surface area (Å²) in [7, 11) is 0. The lowest BCUT2D eigenvalue weighted by atomic mass is 9.82. The van der Waals surface area contributed by atoms with Crippen LogP contribution in [0.5, 0.6) is 0 Å². The van der Waals surface area contributed by atoms with E-state index in [2.05, 4.69) is 24.3 Å². The Morgan fingerprint density at radius 2 is 0.952 bits per heavy atom. The predicted octanol–water partition coefficient (Wildman–Crippen LogP) is 11.8. The molecule has 0 atom stereocenters. The van der Waals surface area contributed by atoms with Crippen molar-refractivity contribution < 1.29 is 9.60 Å². The Bertz CT molecular complexity index is 2610. The topological polar surface area (TPSA) is 0 Å². The van der Waals surface area contributed by atoms with Gasteiger partial charge in [0.2, 0.25) is 0 Å². The highest BCUT2D eigenvalue weighted by molar-refractivity contribution is 6.20. The van der Waals surface area contributed by atoms with E-state index in [0.717, 1.165) is 33.0 Å². The summed E-state index contributed by atoms with van der Waals surface area (Å²) < 4.78 is 63.8. The van der Waals surface area contributed by atoms with Crippen LogP contribution in [-0.2, 0) is 0 Å². The Balaban J connectivity index is 1.66. The second-order valence-electron chi connectivity index (χ2n) is 10.3. The van der Waals surface area contributed by atoms with Gasteiger partial charge in [0, 0.05) is 0 Å². The average molecular weight is 540 g/mol. The molecule has 0 aromatic heterocycles. The molecule has 0 radical (unpaired) electrons. The zero-order valence-electron chi connectivity index (χ0n) is 29.6. The van der Waals surface area contributed by atoms with Crippen LogP contribution in [0.2, 0.25) is 0 Å². The third-order valence-electron chi connectivity index (χ3n) is 7.90. The summed E-state index contributed by atoms with van der Waals surface area (Å²) in [5.41, 5.74) is 5.72. The Morgan fingerprint density at radius 3 is 1.74 bits per heavy atom. The Kier molecular flexibility index (Phi) is 4.38. The van der Waals surface area contributed by atoms with Gasteiger partial charge in [0.1, 0.15) is 0 Å². The second-order valence-corrected chi connectivity index (χ2v) is 10.3. The van der Waals surface area contributed by atoms with Crippen molar-refractivity contribution in [3.63, 3.8) is 0 Å². The van der Waals surface area contributed by atoms with Gasteiger partial charge in [0.25, 0.3) is 0 Å². The van der Waals surface area contributed by atoms with Crippen molar-refractivity contribution in [3.8, 4) is 44.5 Å². The van der Waals surface area contributed by atoms with Gasteiger partial charge in [-0.3, -0.25) is 0 Å². The monoisotopic (exact) mass is 539 g/mol. The number of benzene rings is 8. The molecule has 8 aromatic carbocycles. The highest BCUT2D eigenvalue weighted by Gasteiger charge is 2.20. The molecule has 0 nitrogen and oxygen atoms in total. The fourth-order valence-corrected chi connectivity index (χ4v) is 6.07. The van der Waals surface area contributed by atoms with E-state index in [4.69, 9.17) is 5.48 Å². The van der Waals surface area contributed by atoms with Crippen molar-refractivity contribution in [2.24, 2.45) is 0 Å². The molecule has 0 amide bonds. The van der Waals surface area contributed by atoms with Crippen molar-refractivity contribution in [2.45, 2.75) is 0 Å². The van der Waals surface area contributed by atoms with E-state index in [1.807, 2.05) is 103 Å². The fraction of sp³-hybridized carbons (Fsp3) is 0. The maximum Gasteiger partial charge on any atom is 0.0636 e. The lowest BCUT2D eigenvalue weighted by molar-refractivity contribution is 1.59. The summed E-state index contributed by atoms with van der Waals surface area (Å²) in [6.45, 7) is 0. The van der Waals surface area contributed by atoms with Crippen molar-refractivity contribution in [3.05, 3.63) is 170 Å². The van der Waals surface area contributed by atoms with Crippen LogP contribution in [0.3, 0.4) is 0 Å². The minimum absolute atomic E-state index is 0.0353. The third kappa shape index (κ3) is 4.00. The van der Waals surface area contributed by atoms with Gasteiger partial charge >= 0.3 is 0 Å². The zero-order valence-corrected chi connectivity index (χ0v) is 22.6. The van der Waals surface area contributed by atoms with Crippen molar-refractivity contribution in [2.75, 3.05) is 0 Å². The molecule has 0 heteroatoms. The van der Waals surface area contributed by atoms with Gasteiger partial charge in [-0.1, -0.05) is 164 Å². The van der Waals surface area contributed by atoms with Crippen LogP contribution in [0.15, 0.2) is 170 Å². The number of fused-ring (bicyclic) bond motifs is 3. The van der Waals surface area contributed by atoms with Gasteiger partial charge < -0.3 is 0 Å². The molecule has 0 heterocycles. The van der Waals surface area contributed by atoms with Crippen LogP contribution in [0.25, 0.3) is 76.8 Å². The van der Waals surface area contributed by atoms with E-state index in [-0.39, 0.29) is 52.4 Å². The van der Waals surface area contributed by atoms with Crippen LogP contribution in [-0.4, -0.2) is 0 Å². The molecule has 8 aromatic rings. The van der Waals surface area contributed by atoms with Crippen molar-refractivity contribution in [1.82, 2.24) is 0 Å². The minimum Gasteiger partial charge on any atom is -0.0622 e. The number of hydrogen-bond donors (Lipinski definition) is 0. The van der Waals surface area contributed by atoms with Crippen LogP contribution in [0.1, 0.15) is 9.60 Å². The normalized spacial score (nSPS) is 13.7. The van der Waals surface area contributed by atoms with Crippen LogP contribution < -0.4 is 0 Å². The average Bonchev–Trinajstić information content (AvgIpc) is 3.14. The van der Waals surface area contributed by atoms with Crippen molar-refractivity contribution >= 4 is 32.3 Å². The molecule has 0 unspecified atom stereocenters. The molecule has 0 aliphatic carbocycles. The van der Waals surface area contributed by atoms with E-state index in [1.165, 1.54) is 0 Å². The van der Waals surface area contributed by atoms with Crippen LogP contribution in [0, 0.1) is 0 Å². The molecule has 0 saturated carbocycles. The predicted molar refractivity (Wildman–Crippen MR) is 181 cm³/mol. The molecule has 0 aliphatic heterocycles. The minimum atomic E-state index is -0.439. The quantitative estimate of drug-likeness (QED) is 0.195. The van der Waals surface area contributed by atoms with E-state index < -0.39 is 6.04 Å². The van der Waals surface area contributed by atoms with Crippen LogP contribution >= 0.6 is 0 Å². The molecule has 8 rings (SSSR count). The van der Waals surface area contributed by atoms with E-state index in [0.29, 0.717) is 27.6 Å². The maximum atomic E-state index is 9.66. The summed E-state index contributed by atoms with van der Waals surface area (Å²) >= 11 is 0. The highest BCUT2D eigenvalue weighted by Crippen LogP contribution is 2.47. The largest absolute Gasteiger partial charge is 0.0636 e. The molecule has 0 N–H and O–H groups in total. The fourth-order valence-electron chi connectivity index (χ4n) is 6.07. The van der Waals surface area contributed by atoms with Gasteiger partial charge in [0.05, 0.1) is 9.60 Å². The summed E-state index contributed by atoms with van der Waals surface area (Å²) in [6, 6.07) is 39.4. The zero-order chi connectivity index (χ0) is 34.0. The molecule has 196 valence electrons. The van der Waals surface area contributed by atoms with Gasteiger partial charge in [0.15, 0.2) is 0 Å². The summed E-state index contributed by atoms with van der Waals surface area (Å²) in [5.74, 6) is 0. The SMILES string of the molecule is [2H]c1c([2H])c([2H])c2c(-c3ccccc3)c3c(-c4ccccc4)c(-c4ccccc4-c4cccc5ccccc45)c([2H])c([2H])c3c([2H])c2c1[2H]. The summed E-state index contributed by atoms with van der Waals surface area (Å²) in [4.78, 5) is 0. The first-order valence-electron chi connectivity index (χ1n) is 17.5. The number of hydrogen-bond acceptors (Lipinski definition) is 0. The van der Waals surface area contributed by atoms with E-state index >= 15 is 0 Å². The molecule has 0 fully saturated rings. The van der Waals surface area contributed by atoms with Gasteiger partial charge in [-0.15, -0.1) is 0 Å². The first-order valence-corrected chi connectivity index (χ1v) is 14.0. The van der Waals surface area contributed by atoms with Gasteiger partial charge in [-0.25, -0.2) is 0 Å². The van der Waals surface area contributed by atoms with Gasteiger partial charge in [-0.05, 0) is 82.9 Å².